The molecule has 1 N–H and O–H groups in total. The molecule has 25 heavy (non-hydrogen) atoms. The maximum absolute atomic E-state index is 12.7. The molecular weight excluding hydrogens is 310 g/mol. The molecule has 0 aromatic heterocycles. The van der Waals surface area contributed by atoms with E-state index in [9.17, 15) is 4.79 Å². The highest BCUT2D eigenvalue weighted by atomic mass is 16.2. The quantitative estimate of drug-likeness (QED) is 0.893. The number of nitrogens with one attached hydrogen (secondary N) is 1. The standard InChI is InChI=1S/C21H33N3O/c1-17-6-3-4-7-20(17)16-23-10-12-24(13-11-23)21(25)14-18(2)19-8-5-9-22-15-19/h3-4,6-7,18-19,22H,5,8-16H2,1-2H3. The predicted octanol–water partition coefficient (Wildman–Crippen LogP) is 2.67. The second kappa shape index (κ2) is 8.81. The van der Waals surface area contributed by atoms with Crippen LogP contribution in [0.4, 0.5) is 0 Å². The van der Waals surface area contributed by atoms with E-state index in [0.29, 0.717) is 24.2 Å². The molecule has 2 aliphatic heterocycles. The number of amides is 1. The third-order valence-electron chi connectivity index (χ3n) is 6.02. The molecule has 3 rings (SSSR count). The Balaban J connectivity index is 1.43. The van der Waals surface area contributed by atoms with E-state index in [1.54, 1.807) is 0 Å². The number of aryl methyl sites for hydroxylation is 1. The van der Waals surface area contributed by atoms with Gasteiger partial charge in [-0.05, 0) is 55.8 Å². The van der Waals surface area contributed by atoms with Crippen LogP contribution in [0, 0.1) is 18.8 Å². The Morgan fingerprint density at radius 2 is 2.00 bits per heavy atom. The predicted molar refractivity (Wildman–Crippen MR) is 102 cm³/mol. The fraction of sp³-hybridized carbons (Fsp3) is 0.667. The molecule has 2 saturated heterocycles. The van der Waals surface area contributed by atoms with Gasteiger partial charge in [0, 0.05) is 39.1 Å². The van der Waals surface area contributed by atoms with Gasteiger partial charge in [0.1, 0.15) is 0 Å². The Morgan fingerprint density at radius 1 is 1.24 bits per heavy atom. The molecular formula is C21H33N3O. The topological polar surface area (TPSA) is 35.6 Å². The first-order chi connectivity index (χ1) is 12.1. The molecule has 4 nitrogen and oxygen atoms in total. The van der Waals surface area contributed by atoms with E-state index in [1.165, 1.54) is 24.0 Å². The molecule has 2 fully saturated rings. The van der Waals surface area contributed by atoms with Crippen LogP contribution < -0.4 is 5.32 Å². The van der Waals surface area contributed by atoms with Crippen molar-refractivity contribution >= 4 is 5.91 Å². The summed E-state index contributed by atoms with van der Waals surface area (Å²) in [6.45, 7) is 11.4. The molecule has 1 aromatic rings. The number of piperidine rings is 1. The number of piperazine rings is 1. The minimum absolute atomic E-state index is 0.355. The Hall–Kier alpha value is -1.39. The minimum Gasteiger partial charge on any atom is -0.340 e. The van der Waals surface area contributed by atoms with Gasteiger partial charge < -0.3 is 10.2 Å². The first kappa shape index (κ1) is 18.4. The van der Waals surface area contributed by atoms with Gasteiger partial charge in [0.15, 0.2) is 0 Å². The molecule has 0 aliphatic carbocycles. The normalized spacial score (nSPS) is 23.4. The highest BCUT2D eigenvalue weighted by Crippen LogP contribution is 2.23. The smallest absolute Gasteiger partial charge is 0.222 e. The molecule has 2 unspecified atom stereocenters. The second-order valence-electron chi connectivity index (χ2n) is 7.87. The SMILES string of the molecule is Cc1ccccc1CN1CCN(C(=O)CC(C)C2CCCNC2)CC1. The molecule has 1 amide bonds. The molecule has 2 atom stereocenters. The average molecular weight is 344 g/mol. The molecule has 1 aromatic carbocycles. The number of carbonyl (C=O) groups is 1. The van der Waals surface area contributed by atoms with E-state index in [4.69, 9.17) is 0 Å². The van der Waals surface area contributed by atoms with Crippen LogP contribution in [0.1, 0.15) is 37.3 Å². The number of benzene rings is 1. The van der Waals surface area contributed by atoms with E-state index in [2.05, 4.69) is 53.2 Å². The van der Waals surface area contributed by atoms with Crippen LogP contribution in [0.5, 0.6) is 0 Å². The Morgan fingerprint density at radius 3 is 2.68 bits per heavy atom. The average Bonchev–Trinajstić information content (AvgIpc) is 2.65. The van der Waals surface area contributed by atoms with Gasteiger partial charge in [-0.2, -0.15) is 0 Å². The van der Waals surface area contributed by atoms with Crippen molar-refractivity contribution < 1.29 is 4.79 Å². The zero-order valence-corrected chi connectivity index (χ0v) is 15.8. The largest absolute Gasteiger partial charge is 0.340 e. The van der Waals surface area contributed by atoms with Gasteiger partial charge >= 0.3 is 0 Å². The van der Waals surface area contributed by atoms with Crippen molar-refractivity contribution in [2.75, 3.05) is 39.3 Å². The number of rotatable bonds is 5. The minimum atomic E-state index is 0.355. The van der Waals surface area contributed by atoms with E-state index >= 15 is 0 Å². The maximum Gasteiger partial charge on any atom is 0.222 e. The lowest BCUT2D eigenvalue weighted by Gasteiger charge is -2.36. The van der Waals surface area contributed by atoms with Crippen LogP contribution in [0.15, 0.2) is 24.3 Å². The maximum atomic E-state index is 12.7. The Bertz CT molecular complexity index is 560. The summed E-state index contributed by atoms with van der Waals surface area (Å²) in [5, 5.41) is 3.47. The van der Waals surface area contributed by atoms with Gasteiger partial charge in [-0.15, -0.1) is 0 Å². The van der Waals surface area contributed by atoms with Crippen molar-refractivity contribution in [3.8, 4) is 0 Å². The number of hydrogen-bond donors (Lipinski definition) is 1. The molecule has 138 valence electrons. The summed E-state index contributed by atoms with van der Waals surface area (Å²) in [4.78, 5) is 17.2. The summed E-state index contributed by atoms with van der Waals surface area (Å²) in [5.74, 6) is 1.51. The summed E-state index contributed by atoms with van der Waals surface area (Å²) >= 11 is 0. The summed E-state index contributed by atoms with van der Waals surface area (Å²) < 4.78 is 0. The van der Waals surface area contributed by atoms with Gasteiger partial charge in [-0.1, -0.05) is 31.2 Å². The van der Waals surface area contributed by atoms with E-state index < -0.39 is 0 Å². The summed E-state index contributed by atoms with van der Waals surface area (Å²) in [6, 6.07) is 8.60. The lowest BCUT2D eigenvalue weighted by Crippen LogP contribution is -2.49. The summed E-state index contributed by atoms with van der Waals surface area (Å²) in [5.41, 5.74) is 2.76. The van der Waals surface area contributed by atoms with Gasteiger partial charge in [0.2, 0.25) is 5.91 Å². The molecule has 2 aliphatic rings. The van der Waals surface area contributed by atoms with Crippen molar-refractivity contribution in [2.45, 2.75) is 39.7 Å². The second-order valence-corrected chi connectivity index (χ2v) is 7.87. The molecule has 0 saturated carbocycles. The Labute approximate surface area is 152 Å². The molecule has 0 radical (unpaired) electrons. The van der Waals surface area contributed by atoms with E-state index in [1.807, 2.05) is 0 Å². The van der Waals surface area contributed by atoms with Gasteiger partial charge in [0.25, 0.3) is 0 Å². The fourth-order valence-corrected chi connectivity index (χ4v) is 4.12. The van der Waals surface area contributed by atoms with Crippen molar-refractivity contribution in [1.82, 2.24) is 15.1 Å². The van der Waals surface area contributed by atoms with Crippen LogP contribution in [-0.2, 0) is 11.3 Å². The highest BCUT2D eigenvalue weighted by Gasteiger charge is 2.26. The first-order valence-electron chi connectivity index (χ1n) is 9.89. The molecule has 0 spiro atoms. The van der Waals surface area contributed by atoms with Crippen LogP contribution in [-0.4, -0.2) is 55.0 Å². The third-order valence-corrected chi connectivity index (χ3v) is 6.02. The van der Waals surface area contributed by atoms with Crippen LogP contribution in [0.3, 0.4) is 0 Å². The van der Waals surface area contributed by atoms with Crippen LogP contribution in [0.2, 0.25) is 0 Å². The summed E-state index contributed by atoms with van der Waals surface area (Å²) in [6.07, 6.45) is 3.23. The van der Waals surface area contributed by atoms with E-state index in [0.717, 1.165) is 45.8 Å². The molecule has 0 bridgehead atoms. The van der Waals surface area contributed by atoms with Crippen LogP contribution >= 0.6 is 0 Å². The Kier molecular flexibility index (Phi) is 6.49. The van der Waals surface area contributed by atoms with Gasteiger partial charge in [-0.25, -0.2) is 0 Å². The van der Waals surface area contributed by atoms with Crippen molar-refractivity contribution in [3.63, 3.8) is 0 Å². The number of nitrogens with zero attached hydrogens (tertiary/aromatic N) is 2. The number of hydrogen-bond acceptors (Lipinski definition) is 3. The van der Waals surface area contributed by atoms with E-state index in [-0.39, 0.29) is 0 Å². The molecule has 4 heteroatoms. The van der Waals surface area contributed by atoms with Crippen molar-refractivity contribution in [3.05, 3.63) is 35.4 Å². The summed E-state index contributed by atoms with van der Waals surface area (Å²) in [7, 11) is 0. The first-order valence-corrected chi connectivity index (χ1v) is 9.89. The van der Waals surface area contributed by atoms with Crippen LogP contribution in [0.25, 0.3) is 0 Å². The van der Waals surface area contributed by atoms with Crippen molar-refractivity contribution in [1.29, 1.82) is 0 Å². The fourth-order valence-electron chi connectivity index (χ4n) is 4.12. The van der Waals surface area contributed by atoms with Gasteiger partial charge in [0.05, 0.1) is 0 Å². The van der Waals surface area contributed by atoms with Crippen molar-refractivity contribution in [2.24, 2.45) is 11.8 Å². The highest BCUT2D eigenvalue weighted by molar-refractivity contribution is 5.76. The zero-order valence-electron chi connectivity index (χ0n) is 15.8. The van der Waals surface area contributed by atoms with Gasteiger partial charge in [-0.3, -0.25) is 9.69 Å². The number of carbonyl (C=O) groups excluding carboxylic acids is 1. The molecule has 2 heterocycles. The zero-order chi connectivity index (χ0) is 17.6. The lowest BCUT2D eigenvalue weighted by molar-refractivity contribution is -0.134. The monoisotopic (exact) mass is 343 g/mol. The lowest BCUT2D eigenvalue weighted by atomic mass is 9.85. The third kappa shape index (κ3) is 5.05.